The van der Waals surface area contributed by atoms with Gasteiger partial charge in [0.05, 0.1) is 14.2 Å². The summed E-state index contributed by atoms with van der Waals surface area (Å²) in [7, 11) is 2.70. The lowest BCUT2D eigenvalue weighted by atomic mass is 9.99. The second kappa shape index (κ2) is 11.5. The predicted octanol–water partition coefficient (Wildman–Crippen LogP) is 0.959. The Morgan fingerprint density at radius 2 is 1.76 bits per heavy atom. The third-order valence-corrected chi connectivity index (χ3v) is 5.84. The van der Waals surface area contributed by atoms with Gasteiger partial charge >= 0.3 is 11.6 Å². The van der Waals surface area contributed by atoms with Crippen LogP contribution < -0.4 is 19.8 Å². The number of aliphatic hydroxyl groups excluding tert-OH is 3. The highest BCUT2D eigenvalue weighted by Gasteiger charge is 2.46. The van der Waals surface area contributed by atoms with E-state index in [0.717, 1.165) is 6.08 Å². The van der Waals surface area contributed by atoms with Gasteiger partial charge in [-0.1, -0.05) is 18.2 Å². The molecule has 4 N–H and O–H groups in total. The van der Waals surface area contributed by atoms with E-state index < -0.39 is 48.9 Å². The van der Waals surface area contributed by atoms with Crippen LogP contribution in [-0.4, -0.2) is 77.9 Å². The van der Waals surface area contributed by atoms with E-state index in [2.05, 4.69) is 0 Å². The highest BCUT2D eigenvalue weighted by atomic mass is 16.7. The molecule has 202 valence electrons. The van der Waals surface area contributed by atoms with Crippen molar-refractivity contribution in [3.63, 3.8) is 0 Å². The van der Waals surface area contributed by atoms with Gasteiger partial charge in [-0.15, -0.1) is 0 Å². The number of esters is 1. The molecule has 2 aromatic carbocycles. The summed E-state index contributed by atoms with van der Waals surface area (Å²) in [5, 5.41) is 41.6. The van der Waals surface area contributed by atoms with E-state index in [1.54, 1.807) is 24.3 Å². The Bertz CT molecular complexity index is 1380. The number of fused-ring (bicyclic) bond motifs is 1. The standard InChI is InChI=1S/C26H26O12/c1-33-16-11-14-8-10-19(29)37-23(14)25(24(16)34-2)38-26-22(32)21(31)20(30)17(36-26)12-35-18(28)9-7-13-5-3-4-6-15(13)27/h3-11,17,20-22,26-27,30-32H,12H2,1-2H3/b9-7+/t17-,20-,21+,22-,26+/m1/s1. The lowest BCUT2D eigenvalue weighted by molar-refractivity contribution is -0.278. The van der Waals surface area contributed by atoms with E-state index in [0.29, 0.717) is 10.9 Å². The van der Waals surface area contributed by atoms with Gasteiger partial charge in [-0.05, 0) is 24.3 Å². The van der Waals surface area contributed by atoms with Crippen LogP contribution in [0.2, 0.25) is 0 Å². The maximum atomic E-state index is 12.2. The minimum absolute atomic E-state index is 0.0167. The molecule has 0 aliphatic carbocycles. The van der Waals surface area contributed by atoms with Crippen LogP contribution >= 0.6 is 0 Å². The third-order valence-electron chi connectivity index (χ3n) is 5.84. The van der Waals surface area contributed by atoms with E-state index in [1.165, 1.54) is 38.5 Å². The average Bonchev–Trinajstić information content (AvgIpc) is 2.91. The van der Waals surface area contributed by atoms with Crippen LogP contribution in [0.25, 0.3) is 17.0 Å². The number of methoxy groups -OCH3 is 2. The molecular formula is C26H26O12. The largest absolute Gasteiger partial charge is 0.507 e. The number of para-hydroxylation sites is 1. The van der Waals surface area contributed by atoms with Crippen molar-refractivity contribution in [3.05, 3.63) is 64.5 Å². The topological polar surface area (TPSA) is 174 Å². The Labute approximate surface area is 215 Å². The first-order valence-electron chi connectivity index (χ1n) is 11.4. The molecule has 0 spiro atoms. The zero-order chi connectivity index (χ0) is 27.4. The predicted molar refractivity (Wildman–Crippen MR) is 131 cm³/mol. The van der Waals surface area contributed by atoms with Crippen LogP contribution in [0.4, 0.5) is 0 Å². The smallest absolute Gasteiger partial charge is 0.336 e. The number of carbonyl (C=O) groups is 1. The molecular weight excluding hydrogens is 504 g/mol. The molecule has 1 fully saturated rings. The van der Waals surface area contributed by atoms with Crippen LogP contribution in [0.3, 0.4) is 0 Å². The SMILES string of the molecule is COc1cc2ccc(=O)oc2c(O[C@@H]2O[C@H](COC(=O)/C=C/c3ccccc3O)[C@@H](O)[C@H](O)[C@H]2O)c1OC. The summed E-state index contributed by atoms with van der Waals surface area (Å²) in [6.45, 7) is -0.514. The quantitative estimate of drug-likeness (QED) is 0.185. The number of carbonyl (C=O) groups excluding carboxylic acids is 1. The zero-order valence-corrected chi connectivity index (χ0v) is 20.3. The molecule has 2 heterocycles. The molecule has 0 radical (unpaired) electrons. The lowest BCUT2D eigenvalue weighted by Crippen LogP contribution is -2.60. The summed E-state index contributed by atoms with van der Waals surface area (Å²) < 4.78 is 32.5. The summed E-state index contributed by atoms with van der Waals surface area (Å²) in [6, 6.07) is 10.6. The molecule has 0 bridgehead atoms. The monoisotopic (exact) mass is 530 g/mol. The summed E-state index contributed by atoms with van der Waals surface area (Å²) in [6.07, 6.45) is -5.64. The minimum atomic E-state index is -1.75. The first-order valence-corrected chi connectivity index (χ1v) is 11.4. The van der Waals surface area contributed by atoms with E-state index in [1.807, 2.05) is 0 Å². The fourth-order valence-electron chi connectivity index (χ4n) is 3.86. The van der Waals surface area contributed by atoms with Crippen molar-refractivity contribution in [1.29, 1.82) is 0 Å². The van der Waals surface area contributed by atoms with Gasteiger partial charge in [0.1, 0.15) is 36.8 Å². The van der Waals surface area contributed by atoms with Crippen molar-refractivity contribution in [3.8, 4) is 23.0 Å². The van der Waals surface area contributed by atoms with Crippen molar-refractivity contribution < 1.29 is 53.3 Å². The van der Waals surface area contributed by atoms with Crippen LogP contribution in [0.15, 0.2) is 57.8 Å². The van der Waals surface area contributed by atoms with Crippen molar-refractivity contribution in [1.82, 2.24) is 0 Å². The Morgan fingerprint density at radius 3 is 2.47 bits per heavy atom. The van der Waals surface area contributed by atoms with E-state index in [-0.39, 0.29) is 28.6 Å². The highest BCUT2D eigenvalue weighted by Crippen LogP contribution is 2.44. The molecule has 1 aliphatic heterocycles. The van der Waals surface area contributed by atoms with Gasteiger partial charge in [-0.25, -0.2) is 9.59 Å². The van der Waals surface area contributed by atoms with Gasteiger partial charge in [-0.3, -0.25) is 0 Å². The maximum absolute atomic E-state index is 12.2. The van der Waals surface area contributed by atoms with E-state index in [9.17, 15) is 30.0 Å². The molecule has 5 atom stereocenters. The zero-order valence-electron chi connectivity index (χ0n) is 20.3. The van der Waals surface area contributed by atoms with E-state index >= 15 is 0 Å². The fraction of sp³-hybridized carbons (Fsp3) is 0.308. The Balaban J connectivity index is 1.54. The number of aliphatic hydroxyl groups is 3. The van der Waals surface area contributed by atoms with Crippen molar-refractivity contribution in [2.24, 2.45) is 0 Å². The van der Waals surface area contributed by atoms with E-state index in [4.69, 9.17) is 28.1 Å². The number of aromatic hydroxyl groups is 1. The number of benzene rings is 2. The minimum Gasteiger partial charge on any atom is -0.507 e. The number of phenolic OH excluding ortho intramolecular Hbond substituents is 1. The number of ether oxygens (including phenoxy) is 5. The molecule has 1 saturated heterocycles. The molecule has 1 aliphatic rings. The van der Waals surface area contributed by atoms with Crippen LogP contribution in [-0.2, 0) is 14.3 Å². The first-order chi connectivity index (χ1) is 18.2. The van der Waals surface area contributed by atoms with Crippen LogP contribution in [0, 0.1) is 0 Å². The summed E-state index contributed by atoms with van der Waals surface area (Å²) >= 11 is 0. The number of hydrogen-bond donors (Lipinski definition) is 4. The second-order valence-corrected chi connectivity index (χ2v) is 8.27. The lowest BCUT2D eigenvalue weighted by Gasteiger charge is -2.40. The normalized spacial score (nSPS) is 23.3. The summed E-state index contributed by atoms with van der Waals surface area (Å²) in [4.78, 5) is 24.1. The molecule has 1 aromatic heterocycles. The first kappa shape index (κ1) is 26.9. The van der Waals surface area contributed by atoms with Gasteiger partial charge in [0.2, 0.25) is 17.8 Å². The average molecular weight is 530 g/mol. The highest BCUT2D eigenvalue weighted by molar-refractivity contribution is 5.88. The van der Waals surface area contributed by atoms with Crippen molar-refractivity contribution in [2.75, 3.05) is 20.8 Å². The fourth-order valence-corrected chi connectivity index (χ4v) is 3.86. The van der Waals surface area contributed by atoms with Gasteiger partial charge < -0.3 is 48.5 Å². The Kier molecular flexibility index (Phi) is 8.17. The third kappa shape index (κ3) is 5.58. The van der Waals surface area contributed by atoms with Gasteiger partial charge in [0.25, 0.3) is 0 Å². The molecule has 0 unspecified atom stereocenters. The molecule has 38 heavy (non-hydrogen) atoms. The molecule has 4 rings (SSSR count). The van der Waals surface area contributed by atoms with Gasteiger partial charge in [0, 0.05) is 23.1 Å². The number of hydrogen-bond acceptors (Lipinski definition) is 12. The van der Waals surface area contributed by atoms with Crippen molar-refractivity contribution >= 4 is 23.0 Å². The van der Waals surface area contributed by atoms with Crippen LogP contribution in [0.1, 0.15) is 5.56 Å². The maximum Gasteiger partial charge on any atom is 0.336 e. The van der Waals surface area contributed by atoms with Crippen LogP contribution in [0.5, 0.6) is 23.0 Å². The van der Waals surface area contributed by atoms with Crippen molar-refractivity contribution in [2.45, 2.75) is 30.7 Å². The molecule has 3 aromatic rings. The molecule has 12 heteroatoms. The van der Waals surface area contributed by atoms with Gasteiger partial charge in [-0.2, -0.15) is 0 Å². The molecule has 0 saturated carbocycles. The molecule has 12 nitrogen and oxygen atoms in total. The summed E-state index contributed by atoms with van der Waals surface area (Å²) in [5.74, 6) is -0.770. The Hall–Kier alpha value is -4.10. The molecule has 0 amide bonds. The Morgan fingerprint density at radius 1 is 1.00 bits per heavy atom. The number of rotatable bonds is 8. The van der Waals surface area contributed by atoms with Gasteiger partial charge in [0.15, 0.2) is 11.3 Å². The number of phenols is 1. The second-order valence-electron chi connectivity index (χ2n) is 8.27. The summed E-state index contributed by atoms with van der Waals surface area (Å²) in [5.41, 5.74) is -0.336.